The zero-order valence-corrected chi connectivity index (χ0v) is 19.9. The molecule has 0 saturated heterocycles. The Bertz CT molecular complexity index is 1480. The Morgan fingerprint density at radius 3 is 2.69 bits per heavy atom. The quantitative estimate of drug-likeness (QED) is 0.426. The highest BCUT2D eigenvalue weighted by Gasteiger charge is 2.40. The maximum atomic E-state index is 13.5. The molecule has 1 N–H and O–H groups in total. The van der Waals surface area contributed by atoms with E-state index in [-0.39, 0.29) is 6.54 Å². The number of ketones is 1. The fraction of sp³-hybridized carbons (Fsp3) is 0.280. The van der Waals surface area contributed by atoms with Crippen LogP contribution in [-0.4, -0.2) is 66.3 Å². The molecule has 2 aliphatic rings. The Morgan fingerprint density at radius 1 is 1.11 bits per heavy atom. The Kier molecular flexibility index (Phi) is 5.24. The van der Waals surface area contributed by atoms with Gasteiger partial charge in [0.15, 0.2) is 5.82 Å². The number of carbonyl (C=O) groups excluding carboxylic acids is 2. The number of Topliss-reactive ketones (excluding diaryl/α,β-unsaturated/α-hetero) is 1. The Morgan fingerprint density at radius 2 is 1.94 bits per heavy atom. The van der Waals surface area contributed by atoms with Crippen LogP contribution >= 0.6 is 0 Å². The van der Waals surface area contributed by atoms with Crippen LogP contribution < -0.4 is 10.1 Å². The lowest BCUT2D eigenvalue weighted by molar-refractivity contribution is -0.145. The molecule has 1 atom stereocenters. The van der Waals surface area contributed by atoms with Crippen molar-refractivity contribution in [2.45, 2.75) is 25.8 Å². The van der Waals surface area contributed by atoms with Crippen LogP contribution in [0, 0.1) is 6.92 Å². The normalized spacial score (nSPS) is 16.3. The number of benzene rings is 1. The maximum absolute atomic E-state index is 13.5. The molecule has 0 radical (unpaired) electrons. The Balaban J connectivity index is 1.26. The number of para-hydroxylation sites is 1. The number of methoxy groups -OCH3 is 1. The van der Waals surface area contributed by atoms with Crippen molar-refractivity contribution in [3.8, 4) is 17.3 Å². The number of hydrogen-bond donors (Lipinski definition) is 1. The van der Waals surface area contributed by atoms with E-state index in [2.05, 4.69) is 25.5 Å². The summed E-state index contributed by atoms with van der Waals surface area (Å²) in [4.78, 5) is 37.1. The van der Waals surface area contributed by atoms with Gasteiger partial charge in [0, 0.05) is 43.4 Å². The molecule has 182 valence electrons. The van der Waals surface area contributed by atoms with Gasteiger partial charge in [-0.1, -0.05) is 18.2 Å². The maximum Gasteiger partial charge on any atom is 0.290 e. The van der Waals surface area contributed by atoms with Gasteiger partial charge in [-0.15, -0.1) is 0 Å². The SMILES string of the molecule is COc1cnc(-n2cnc(C)n2)c2c1C(C(=O)C(=O)N1CCc3nn(-c4ccccc4)cc3C1)CN2. The van der Waals surface area contributed by atoms with Gasteiger partial charge >= 0.3 is 0 Å². The largest absolute Gasteiger partial charge is 0.495 e. The van der Waals surface area contributed by atoms with Gasteiger partial charge in [-0.3, -0.25) is 9.59 Å². The van der Waals surface area contributed by atoms with Crippen molar-refractivity contribution in [1.29, 1.82) is 0 Å². The van der Waals surface area contributed by atoms with E-state index in [4.69, 9.17) is 4.74 Å². The molecule has 1 amide bonds. The van der Waals surface area contributed by atoms with E-state index >= 15 is 0 Å². The minimum Gasteiger partial charge on any atom is -0.495 e. The van der Waals surface area contributed by atoms with Crippen molar-refractivity contribution in [3.05, 3.63) is 71.7 Å². The molecule has 3 aromatic heterocycles. The third-order valence-electron chi connectivity index (χ3n) is 6.63. The van der Waals surface area contributed by atoms with E-state index in [0.717, 1.165) is 16.9 Å². The number of aromatic nitrogens is 6. The van der Waals surface area contributed by atoms with Crippen molar-refractivity contribution in [3.63, 3.8) is 0 Å². The Hall–Kier alpha value is -4.54. The number of carbonyl (C=O) groups is 2. The summed E-state index contributed by atoms with van der Waals surface area (Å²) in [5, 5.41) is 12.2. The third kappa shape index (κ3) is 3.60. The topological polar surface area (TPSA) is 120 Å². The van der Waals surface area contributed by atoms with Gasteiger partial charge in [0.2, 0.25) is 5.78 Å². The van der Waals surface area contributed by atoms with Gasteiger partial charge in [0.1, 0.15) is 17.9 Å². The number of rotatable bonds is 5. The molecule has 0 saturated carbocycles. The average Bonchev–Trinajstić information content (AvgIpc) is 3.65. The summed E-state index contributed by atoms with van der Waals surface area (Å²) < 4.78 is 8.88. The van der Waals surface area contributed by atoms with Gasteiger partial charge in [-0.05, 0) is 19.1 Å². The monoisotopic (exact) mass is 484 g/mol. The zero-order valence-electron chi connectivity index (χ0n) is 19.9. The second kappa shape index (κ2) is 8.59. The van der Waals surface area contributed by atoms with Crippen LogP contribution in [0.1, 0.15) is 28.6 Å². The van der Waals surface area contributed by atoms with Crippen LogP contribution in [-0.2, 0) is 22.6 Å². The molecule has 0 aliphatic carbocycles. The lowest BCUT2D eigenvalue weighted by Crippen LogP contribution is -2.42. The van der Waals surface area contributed by atoms with Crippen molar-refractivity contribution < 1.29 is 14.3 Å². The molecule has 36 heavy (non-hydrogen) atoms. The minimum atomic E-state index is -0.692. The van der Waals surface area contributed by atoms with Gasteiger partial charge in [0.25, 0.3) is 5.91 Å². The van der Waals surface area contributed by atoms with E-state index in [1.807, 2.05) is 41.2 Å². The second-order valence-electron chi connectivity index (χ2n) is 8.83. The fourth-order valence-electron chi connectivity index (χ4n) is 4.84. The first-order valence-corrected chi connectivity index (χ1v) is 11.7. The molecule has 6 rings (SSSR count). The number of pyridine rings is 1. The summed E-state index contributed by atoms with van der Waals surface area (Å²) in [7, 11) is 1.52. The van der Waals surface area contributed by atoms with Crippen LogP contribution in [0.2, 0.25) is 0 Å². The molecule has 4 aromatic rings. The average molecular weight is 485 g/mol. The third-order valence-corrected chi connectivity index (χ3v) is 6.63. The van der Waals surface area contributed by atoms with Crippen molar-refractivity contribution in [2.75, 3.05) is 25.5 Å². The minimum absolute atomic E-state index is 0.271. The summed E-state index contributed by atoms with van der Waals surface area (Å²) in [5.41, 5.74) is 4.08. The van der Waals surface area contributed by atoms with Crippen LogP contribution in [0.25, 0.3) is 11.5 Å². The first-order valence-electron chi connectivity index (χ1n) is 11.7. The number of anilines is 1. The molecule has 11 heteroatoms. The number of ether oxygens (including phenoxy) is 1. The van der Waals surface area contributed by atoms with Crippen LogP contribution in [0.3, 0.4) is 0 Å². The van der Waals surface area contributed by atoms with E-state index < -0.39 is 17.6 Å². The highest BCUT2D eigenvalue weighted by atomic mass is 16.5. The van der Waals surface area contributed by atoms with Crippen LogP contribution in [0.15, 0.2) is 49.1 Å². The molecule has 0 spiro atoms. The van der Waals surface area contributed by atoms with Gasteiger partial charge in [-0.2, -0.15) is 10.2 Å². The molecule has 0 bridgehead atoms. The number of hydrogen-bond acceptors (Lipinski definition) is 8. The zero-order chi connectivity index (χ0) is 24.8. The number of nitrogens with one attached hydrogen (secondary N) is 1. The van der Waals surface area contributed by atoms with E-state index in [9.17, 15) is 9.59 Å². The molecular formula is C25H24N8O3. The number of fused-ring (bicyclic) bond motifs is 2. The van der Waals surface area contributed by atoms with Gasteiger partial charge in [0.05, 0.1) is 36.3 Å². The van der Waals surface area contributed by atoms with Crippen molar-refractivity contribution in [1.82, 2.24) is 34.4 Å². The summed E-state index contributed by atoms with van der Waals surface area (Å²) >= 11 is 0. The molecular weight excluding hydrogens is 460 g/mol. The van der Waals surface area contributed by atoms with Gasteiger partial charge in [-0.25, -0.2) is 19.3 Å². The second-order valence-corrected chi connectivity index (χ2v) is 8.83. The molecule has 1 unspecified atom stereocenters. The smallest absolute Gasteiger partial charge is 0.290 e. The highest BCUT2D eigenvalue weighted by molar-refractivity contribution is 6.38. The van der Waals surface area contributed by atoms with E-state index in [1.54, 1.807) is 29.0 Å². The lowest BCUT2D eigenvalue weighted by Gasteiger charge is -2.26. The van der Waals surface area contributed by atoms with Gasteiger partial charge < -0.3 is 15.0 Å². The molecule has 5 heterocycles. The summed E-state index contributed by atoms with van der Waals surface area (Å²) in [6, 6.07) is 9.82. The van der Waals surface area contributed by atoms with E-state index in [1.165, 1.54) is 7.11 Å². The fourth-order valence-corrected chi connectivity index (χ4v) is 4.84. The van der Waals surface area contributed by atoms with Crippen molar-refractivity contribution >= 4 is 17.4 Å². The molecule has 11 nitrogen and oxygen atoms in total. The summed E-state index contributed by atoms with van der Waals surface area (Å²) in [6.45, 7) is 2.84. The van der Waals surface area contributed by atoms with Crippen molar-refractivity contribution in [2.24, 2.45) is 0 Å². The lowest BCUT2D eigenvalue weighted by atomic mass is 9.95. The summed E-state index contributed by atoms with van der Waals surface area (Å²) in [6.07, 6.45) is 5.64. The first kappa shape index (κ1) is 22.0. The predicted molar refractivity (Wildman–Crippen MR) is 129 cm³/mol. The van der Waals surface area contributed by atoms with E-state index in [0.29, 0.717) is 48.2 Å². The summed E-state index contributed by atoms with van der Waals surface area (Å²) in [5.74, 6) is -0.128. The highest BCUT2D eigenvalue weighted by Crippen LogP contribution is 2.42. The van der Waals surface area contributed by atoms with Crippen LogP contribution in [0.4, 0.5) is 5.69 Å². The molecule has 0 fully saturated rings. The number of aryl methyl sites for hydroxylation is 1. The number of nitrogens with zero attached hydrogens (tertiary/aromatic N) is 7. The standard InChI is InChI=1S/C25H24N8O3/c1-15-28-14-33(29-15)24-22-21(20(36-2)11-27-24)18(10-26-22)23(34)25(35)31-9-8-19-16(12-31)13-32(30-19)17-6-4-3-5-7-17/h3-7,11,13-14,18,26H,8-10,12H2,1-2H3. The first-order chi connectivity index (χ1) is 17.5. The number of amides is 1. The predicted octanol–water partition coefficient (Wildman–Crippen LogP) is 1.83. The molecule has 2 aliphatic heterocycles. The molecule has 1 aromatic carbocycles. The van der Waals surface area contributed by atoms with Crippen LogP contribution in [0.5, 0.6) is 5.75 Å². The Labute approximate surface area is 206 Å².